The molecule has 204 valence electrons. The number of nitrogens with zero attached hydrogens (tertiary/aromatic N) is 4. The Kier molecular flexibility index (Phi) is 6.65. The highest BCUT2D eigenvalue weighted by Crippen LogP contribution is 2.43. The number of Topliss-reactive ketones (excluding diaryl/α,β-unsaturated/α-hetero) is 1. The fourth-order valence-electron chi connectivity index (χ4n) is 6.35. The van der Waals surface area contributed by atoms with Gasteiger partial charge in [0.25, 0.3) is 5.91 Å². The lowest BCUT2D eigenvalue weighted by molar-refractivity contribution is -0.145. The van der Waals surface area contributed by atoms with Crippen molar-refractivity contribution < 1.29 is 23.5 Å². The summed E-state index contributed by atoms with van der Waals surface area (Å²) in [6.07, 6.45) is 5.68. The number of rotatable bonds is 4. The Morgan fingerprint density at radius 2 is 1.92 bits per heavy atom. The van der Waals surface area contributed by atoms with Crippen LogP contribution in [0.3, 0.4) is 0 Å². The smallest absolute Gasteiger partial charge is 0.251 e. The van der Waals surface area contributed by atoms with Crippen molar-refractivity contribution >= 4 is 34.1 Å². The topological polar surface area (TPSA) is 95.1 Å². The second kappa shape index (κ2) is 10.0. The lowest BCUT2D eigenvalue weighted by Gasteiger charge is -2.41. The van der Waals surface area contributed by atoms with Crippen LogP contribution < -0.4 is 10.2 Å². The van der Waals surface area contributed by atoms with Gasteiger partial charge in [-0.3, -0.25) is 14.4 Å². The summed E-state index contributed by atoms with van der Waals surface area (Å²) in [5, 5.41) is 3.14. The molecule has 1 aromatic heterocycles. The molecular formula is C28H30FN5O4S. The number of aromatic nitrogens is 1. The molecule has 2 aromatic rings. The molecule has 4 aliphatic heterocycles. The third-order valence-electron chi connectivity index (χ3n) is 8.41. The number of thiazole rings is 1. The average Bonchev–Trinajstić information content (AvgIpc) is 3.60. The molecule has 0 aliphatic carbocycles. The molecule has 4 saturated heterocycles. The number of carbonyl (C=O) groups excluding carboxylic acids is 3. The monoisotopic (exact) mass is 551 g/mol. The largest absolute Gasteiger partial charge is 0.366 e. The molecule has 6 rings (SSSR count). The molecule has 1 N–H and O–H groups in total. The van der Waals surface area contributed by atoms with E-state index >= 15 is 0 Å². The first-order chi connectivity index (χ1) is 18.8. The number of likely N-dealkylation sites (N-methyl/N-ethyl adjacent to an activating group) is 1. The van der Waals surface area contributed by atoms with Crippen LogP contribution in [0.1, 0.15) is 23.7 Å². The number of carbonyl (C=O) groups is 3. The van der Waals surface area contributed by atoms with Gasteiger partial charge in [0, 0.05) is 37.3 Å². The van der Waals surface area contributed by atoms with Crippen LogP contribution in [0.15, 0.2) is 24.3 Å². The Morgan fingerprint density at radius 3 is 2.62 bits per heavy atom. The number of ketones is 1. The van der Waals surface area contributed by atoms with Gasteiger partial charge >= 0.3 is 0 Å². The van der Waals surface area contributed by atoms with E-state index in [-0.39, 0.29) is 47.0 Å². The number of anilines is 1. The quantitative estimate of drug-likeness (QED) is 0.578. The number of hydrogen-bond acceptors (Lipinski definition) is 8. The van der Waals surface area contributed by atoms with Gasteiger partial charge in [0.05, 0.1) is 12.0 Å². The van der Waals surface area contributed by atoms with Crippen molar-refractivity contribution in [2.75, 3.05) is 44.7 Å². The third kappa shape index (κ3) is 4.40. The molecule has 4 fully saturated rings. The van der Waals surface area contributed by atoms with E-state index in [1.807, 2.05) is 6.92 Å². The molecule has 39 heavy (non-hydrogen) atoms. The first-order valence-corrected chi connectivity index (χ1v) is 14.0. The maximum Gasteiger partial charge on any atom is 0.251 e. The first-order valence-electron chi connectivity index (χ1n) is 13.2. The van der Waals surface area contributed by atoms with E-state index in [2.05, 4.69) is 33.1 Å². The maximum absolute atomic E-state index is 14.8. The van der Waals surface area contributed by atoms with Crippen molar-refractivity contribution in [3.8, 4) is 23.6 Å². The van der Waals surface area contributed by atoms with E-state index in [0.717, 1.165) is 37.5 Å². The Hall–Kier alpha value is -3.33. The van der Waals surface area contributed by atoms with Crippen molar-refractivity contribution in [3.05, 3.63) is 35.0 Å². The van der Waals surface area contributed by atoms with Crippen LogP contribution >= 0.6 is 11.3 Å². The van der Waals surface area contributed by atoms with Crippen LogP contribution in [0.2, 0.25) is 0 Å². The molecular weight excluding hydrogens is 521 g/mol. The van der Waals surface area contributed by atoms with Gasteiger partial charge in [-0.15, -0.1) is 6.42 Å². The number of nitrogens with one attached hydrogen (secondary N) is 1. The Bertz CT molecular complexity index is 1350. The van der Waals surface area contributed by atoms with Gasteiger partial charge in [0.1, 0.15) is 30.5 Å². The molecule has 0 spiro atoms. The second-order valence-corrected chi connectivity index (χ2v) is 11.8. The van der Waals surface area contributed by atoms with Crippen molar-refractivity contribution in [3.63, 3.8) is 0 Å². The van der Waals surface area contributed by atoms with Gasteiger partial charge in [-0.2, -0.15) is 4.39 Å². The van der Waals surface area contributed by atoms with Crippen LogP contribution in [0.5, 0.6) is 0 Å². The summed E-state index contributed by atoms with van der Waals surface area (Å²) in [6.45, 7) is 5.31. The standard InChI is InChI=1S/C28H30FN5O4S/c1-4-18-22-15(2)13-19(27(37)34(22)23-20(35)14-38-24(18)23)30-26(36)17-7-5-16(6-8-17)21-25(29)39-28(31-21)33-11-9-32(3)10-12-33/h1,5-8,15,18-19,22-24H,9-14H2,2-3H3,(H,30,36)/t15?,18?,19-,22?,23?,24?/m0/s1. The molecule has 5 heterocycles. The fourth-order valence-corrected chi connectivity index (χ4v) is 7.21. The van der Waals surface area contributed by atoms with E-state index in [0.29, 0.717) is 22.7 Å². The third-order valence-corrected chi connectivity index (χ3v) is 9.32. The van der Waals surface area contributed by atoms with Gasteiger partial charge in [0.15, 0.2) is 10.9 Å². The molecule has 0 radical (unpaired) electrons. The number of fused-ring (bicyclic) bond motifs is 3. The number of ether oxygens (including phenoxy) is 1. The van der Waals surface area contributed by atoms with E-state index < -0.39 is 24.1 Å². The van der Waals surface area contributed by atoms with Crippen molar-refractivity contribution in [2.24, 2.45) is 11.8 Å². The number of benzene rings is 1. The summed E-state index contributed by atoms with van der Waals surface area (Å²) in [6, 6.07) is 4.77. The number of amides is 2. The van der Waals surface area contributed by atoms with Crippen LogP contribution in [-0.2, 0) is 14.3 Å². The minimum Gasteiger partial charge on any atom is -0.366 e. The zero-order chi connectivity index (χ0) is 27.4. The van der Waals surface area contributed by atoms with Crippen LogP contribution in [-0.4, -0.2) is 96.4 Å². The van der Waals surface area contributed by atoms with Crippen LogP contribution in [0, 0.1) is 29.3 Å². The average molecular weight is 552 g/mol. The normalized spacial score (nSPS) is 30.7. The summed E-state index contributed by atoms with van der Waals surface area (Å²) in [7, 11) is 2.06. The second-order valence-electron chi connectivity index (χ2n) is 10.8. The molecule has 9 nitrogen and oxygen atoms in total. The van der Waals surface area contributed by atoms with Gasteiger partial charge in [-0.1, -0.05) is 36.3 Å². The lowest BCUT2D eigenvalue weighted by Crippen LogP contribution is -2.60. The lowest BCUT2D eigenvalue weighted by atomic mass is 9.82. The summed E-state index contributed by atoms with van der Waals surface area (Å²) >= 11 is 1.03. The Morgan fingerprint density at radius 1 is 1.21 bits per heavy atom. The minimum absolute atomic E-state index is 0.0273. The molecule has 4 aliphatic rings. The highest BCUT2D eigenvalue weighted by Gasteiger charge is 2.61. The molecule has 0 saturated carbocycles. The molecule has 1 aromatic carbocycles. The van der Waals surface area contributed by atoms with Gasteiger partial charge in [-0.25, -0.2) is 4.98 Å². The summed E-state index contributed by atoms with van der Waals surface area (Å²) in [5.74, 6) is 1.47. The zero-order valence-corrected chi connectivity index (χ0v) is 22.6. The van der Waals surface area contributed by atoms with Crippen molar-refractivity contribution in [1.29, 1.82) is 0 Å². The van der Waals surface area contributed by atoms with E-state index in [1.165, 1.54) is 0 Å². The maximum atomic E-state index is 14.8. The summed E-state index contributed by atoms with van der Waals surface area (Å²) in [5.41, 5.74) is 1.18. The first kappa shape index (κ1) is 25.9. The number of piperidine rings is 1. The van der Waals surface area contributed by atoms with Crippen LogP contribution in [0.25, 0.3) is 11.3 Å². The van der Waals surface area contributed by atoms with Crippen molar-refractivity contribution in [2.45, 2.75) is 37.6 Å². The van der Waals surface area contributed by atoms with Crippen molar-refractivity contribution in [1.82, 2.24) is 20.1 Å². The van der Waals surface area contributed by atoms with Gasteiger partial charge in [-0.05, 0) is 31.5 Å². The van der Waals surface area contributed by atoms with Crippen LogP contribution in [0.4, 0.5) is 9.52 Å². The molecule has 5 unspecified atom stereocenters. The Labute approximate surface area is 230 Å². The molecule has 2 amide bonds. The van der Waals surface area contributed by atoms with E-state index in [4.69, 9.17) is 11.2 Å². The predicted octanol–water partition coefficient (Wildman–Crippen LogP) is 1.64. The molecule has 6 atom stereocenters. The SMILES string of the molecule is C#CC1C2OCC(=O)C2N2C(=O)[C@@H](NC(=O)c3ccc(-c4nc(N5CCN(C)CC5)sc4F)cc3)CC(C)C12. The molecule has 0 bridgehead atoms. The predicted molar refractivity (Wildman–Crippen MR) is 144 cm³/mol. The fraction of sp³-hybridized carbons (Fsp3) is 0.500. The van der Waals surface area contributed by atoms with Gasteiger partial charge < -0.3 is 24.8 Å². The summed E-state index contributed by atoms with van der Waals surface area (Å²) in [4.78, 5) is 49.6. The Balaban J connectivity index is 1.15. The highest BCUT2D eigenvalue weighted by molar-refractivity contribution is 7.14. The number of hydrogen-bond donors (Lipinski definition) is 1. The van der Waals surface area contributed by atoms with Gasteiger partial charge in [0.2, 0.25) is 11.0 Å². The summed E-state index contributed by atoms with van der Waals surface area (Å²) < 4.78 is 20.5. The van der Waals surface area contributed by atoms with E-state index in [9.17, 15) is 18.8 Å². The number of piperazine rings is 1. The number of terminal acetylenes is 1. The van der Waals surface area contributed by atoms with E-state index in [1.54, 1.807) is 29.2 Å². The highest BCUT2D eigenvalue weighted by atomic mass is 32.1. The minimum atomic E-state index is -0.781. The molecule has 11 heteroatoms. The zero-order valence-electron chi connectivity index (χ0n) is 21.8. The number of halogens is 1.